The van der Waals surface area contributed by atoms with Crippen molar-refractivity contribution in [2.45, 2.75) is 78.1 Å². The van der Waals surface area contributed by atoms with Crippen LogP contribution in [0.2, 0.25) is 0 Å². The van der Waals surface area contributed by atoms with Gasteiger partial charge >= 0.3 is 0 Å². The van der Waals surface area contributed by atoms with Crippen LogP contribution >= 0.6 is 34.4 Å². The first-order valence-corrected chi connectivity index (χ1v) is 20.6. The Balaban J connectivity index is 1.30. The second-order valence-electron chi connectivity index (χ2n) is 12.7. The van der Waals surface area contributed by atoms with Crippen molar-refractivity contribution in [1.82, 2.24) is 8.75 Å². The molecular formula is C46H44N2S3. The van der Waals surface area contributed by atoms with Gasteiger partial charge in [0.05, 0.1) is 21.5 Å². The first-order chi connectivity index (χ1) is 25.2. The fraction of sp³-hybridized carbons (Fsp3) is 0.261. The second-order valence-corrected chi connectivity index (χ2v) is 15.3. The zero-order chi connectivity index (χ0) is 35.1. The smallest absolute Gasteiger partial charge is 0.114 e. The second kappa shape index (κ2) is 19.2. The number of thiophene rings is 2. The summed E-state index contributed by atoms with van der Waals surface area (Å²) in [4.78, 5) is 4.71. The lowest BCUT2D eigenvalue weighted by atomic mass is 10.0. The maximum absolute atomic E-state index is 4.86. The Bertz CT molecular complexity index is 2040. The predicted octanol–water partition coefficient (Wildman–Crippen LogP) is 13.5. The average Bonchev–Trinajstić information content (AvgIpc) is 3.92. The van der Waals surface area contributed by atoms with Crippen LogP contribution in [0, 0.1) is 23.7 Å². The molecular weight excluding hydrogens is 677 g/mol. The molecule has 0 spiro atoms. The molecule has 3 aromatic carbocycles. The Hall–Kier alpha value is -4.52. The summed E-state index contributed by atoms with van der Waals surface area (Å²) in [7, 11) is 0. The van der Waals surface area contributed by atoms with Gasteiger partial charge in [0.1, 0.15) is 11.0 Å². The molecule has 0 aliphatic heterocycles. The third-order valence-electron chi connectivity index (χ3n) is 8.85. The van der Waals surface area contributed by atoms with E-state index in [2.05, 4.69) is 122 Å². The van der Waals surface area contributed by atoms with E-state index in [0.29, 0.717) is 0 Å². The van der Waals surface area contributed by atoms with Crippen molar-refractivity contribution >= 4 is 57.6 Å². The van der Waals surface area contributed by atoms with Gasteiger partial charge in [0.25, 0.3) is 0 Å². The van der Waals surface area contributed by atoms with Crippen LogP contribution in [0.25, 0.3) is 44.1 Å². The van der Waals surface area contributed by atoms with Crippen LogP contribution in [-0.2, 0) is 12.8 Å². The molecule has 5 heteroatoms. The molecule has 0 unspecified atom stereocenters. The number of unbranched alkanes of at least 4 members (excludes halogenated alkanes) is 6. The summed E-state index contributed by atoms with van der Waals surface area (Å²) >= 11 is 4.85. The Kier molecular flexibility index (Phi) is 13.6. The van der Waals surface area contributed by atoms with Crippen molar-refractivity contribution in [3.63, 3.8) is 0 Å². The van der Waals surface area contributed by atoms with Gasteiger partial charge in [-0.25, -0.2) is 0 Å². The minimum atomic E-state index is 0.969. The fourth-order valence-electron chi connectivity index (χ4n) is 6.07. The number of allylic oxidation sites excluding steroid dienone is 2. The Morgan fingerprint density at radius 1 is 0.549 bits per heavy atom. The molecule has 51 heavy (non-hydrogen) atoms. The largest absolute Gasteiger partial charge is 0.172 e. The van der Waals surface area contributed by atoms with E-state index in [-0.39, 0.29) is 0 Å². The van der Waals surface area contributed by atoms with Crippen LogP contribution in [-0.4, -0.2) is 8.75 Å². The van der Waals surface area contributed by atoms with Gasteiger partial charge in [-0.2, -0.15) is 8.75 Å². The molecule has 0 fully saturated rings. The van der Waals surface area contributed by atoms with Gasteiger partial charge in [-0.05, 0) is 84.4 Å². The van der Waals surface area contributed by atoms with Crippen molar-refractivity contribution in [3.05, 3.63) is 129 Å². The van der Waals surface area contributed by atoms with E-state index in [1.165, 1.54) is 84.0 Å². The van der Waals surface area contributed by atoms with Crippen molar-refractivity contribution in [2.75, 3.05) is 0 Å². The maximum atomic E-state index is 4.86. The predicted molar refractivity (Wildman–Crippen MR) is 224 cm³/mol. The van der Waals surface area contributed by atoms with Crippen LogP contribution < -0.4 is 0 Å². The molecule has 6 rings (SSSR count). The van der Waals surface area contributed by atoms with Crippen molar-refractivity contribution in [3.8, 4) is 44.6 Å². The molecule has 2 nitrogen and oxygen atoms in total. The lowest BCUT2D eigenvalue weighted by Crippen LogP contribution is -1.86. The third kappa shape index (κ3) is 10.1. The minimum absolute atomic E-state index is 0.969. The van der Waals surface area contributed by atoms with Gasteiger partial charge in [-0.1, -0.05) is 149 Å². The first-order valence-electron chi connectivity index (χ1n) is 18.2. The molecule has 0 radical (unpaired) electrons. The SMILES string of the molecule is CCCCCCc1cc(-c2ccc(-c3cc(CCCCCC)c(C#C/C=C/c4ccccc4)s3)c3nsnc23)sc1C#C/C=C/c1ccccc1. The number of aryl methyl sites for hydroxylation is 2. The fourth-order valence-corrected chi connectivity index (χ4v) is 8.84. The molecule has 3 heterocycles. The zero-order valence-electron chi connectivity index (χ0n) is 29.6. The number of rotatable bonds is 14. The number of fused-ring (bicyclic) bond motifs is 1. The first kappa shape index (κ1) is 36.3. The minimum Gasteiger partial charge on any atom is -0.172 e. The number of nitrogens with zero attached hydrogens (tertiary/aromatic N) is 2. The summed E-state index contributed by atoms with van der Waals surface area (Å²) in [6, 6.07) is 29.9. The average molecular weight is 721 g/mol. The summed E-state index contributed by atoms with van der Waals surface area (Å²) in [6.45, 7) is 4.53. The number of benzene rings is 3. The van der Waals surface area contributed by atoms with E-state index in [0.717, 1.165) is 55.9 Å². The van der Waals surface area contributed by atoms with Gasteiger partial charge < -0.3 is 0 Å². The molecule has 0 N–H and O–H groups in total. The topological polar surface area (TPSA) is 25.8 Å². The van der Waals surface area contributed by atoms with Crippen molar-refractivity contribution in [1.29, 1.82) is 0 Å². The van der Waals surface area contributed by atoms with Crippen LogP contribution in [0.3, 0.4) is 0 Å². The standard InChI is InChI=1S/C46H44N2S3/c1-3-5-7-15-27-37-33-43(49-41(37)29-19-17-25-35-21-11-9-12-22-35)39-31-32-40(46-45(39)47-51-48-46)44-34-38(28-16-8-6-4-2)42(50-44)30-20-18-26-36-23-13-10-14-24-36/h9-14,17-18,21-26,31-34H,3-8,15-16,27-28H2,1-2H3/b25-17+,26-18+. The van der Waals surface area contributed by atoms with Gasteiger partial charge in [-0.15, -0.1) is 22.7 Å². The van der Waals surface area contributed by atoms with Gasteiger partial charge in [-0.3, -0.25) is 0 Å². The highest BCUT2D eigenvalue weighted by molar-refractivity contribution is 7.16. The van der Waals surface area contributed by atoms with E-state index in [1.807, 2.05) is 24.3 Å². The monoisotopic (exact) mass is 720 g/mol. The molecule has 0 atom stereocenters. The Morgan fingerprint density at radius 2 is 1.00 bits per heavy atom. The van der Waals surface area contributed by atoms with E-state index < -0.39 is 0 Å². The van der Waals surface area contributed by atoms with Crippen molar-refractivity contribution in [2.24, 2.45) is 0 Å². The highest BCUT2D eigenvalue weighted by atomic mass is 32.1. The van der Waals surface area contributed by atoms with Gasteiger partial charge in [0.2, 0.25) is 0 Å². The number of hydrogen-bond donors (Lipinski definition) is 0. The molecule has 0 amide bonds. The third-order valence-corrected chi connectivity index (χ3v) is 11.6. The summed E-state index contributed by atoms with van der Waals surface area (Å²) in [5.74, 6) is 13.6. The highest BCUT2D eigenvalue weighted by Crippen LogP contribution is 2.41. The van der Waals surface area contributed by atoms with Crippen LogP contribution in [0.1, 0.15) is 97.2 Å². The molecule has 0 bridgehead atoms. The lowest BCUT2D eigenvalue weighted by molar-refractivity contribution is 0.667. The lowest BCUT2D eigenvalue weighted by Gasteiger charge is -2.03. The summed E-state index contributed by atoms with van der Waals surface area (Å²) < 4.78 is 9.72. The van der Waals surface area contributed by atoms with Crippen LogP contribution in [0.5, 0.6) is 0 Å². The van der Waals surface area contributed by atoms with E-state index >= 15 is 0 Å². The summed E-state index contributed by atoms with van der Waals surface area (Å²) in [5.41, 5.74) is 9.20. The van der Waals surface area contributed by atoms with Gasteiger partial charge in [0, 0.05) is 20.9 Å². The molecule has 0 aliphatic carbocycles. The molecule has 0 saturated carbocycles. The molecule has 6 aromatic rings. The molecule has 0 saturated heterocycles. The quantitative estimate of drug-likeness (QED) is 0.0827. The maximum Gasteiger partial charge on any atom is 0.114 e. The molecule has 3 aromatic heterocycles. The summed E-state index contributed by atoms with van der Waals surface area (Å²) in [6.07, 6.45) is 20.0. The van der Waals surface area contributed by atoms with Crippen LogP contribution in [0.15, 0.2) is 97.1 Å². The Labute approximate surface area is 316 Å². The van der Waals surface area contributed by atoms with E-state index in [9.17, 15) is 0 Å². The Morgan fingerprint density at radius 3 is 1.43 bits per heavy atom. The normalized spacial score (nSPS) is 11.3. The number of hydrogen-bond acceptors (Lipinski definition) is 5. The van der Waals surface area contributed by atoms with E-state index in [1.54, 1.807) is 22.7 Å². The van der Waals surface area contributed by atoms with E-state index in [4.69, 9.17) is 8.75 Å². The summed E-state index contributed by atoms with van der Waals surface area (Å²) in [5, 5.41) is 0. The van der Waals surface area contributed by atoms with Crippen LogP contribution in [0.4, 0.5) is 0 Å². The van der Waals surface area contributed by atoms with Crippen molar-refractivity contribution < 1.29 is 0 Å². The highest BCUT2D eigenvalue weighted by Gasteiger charge is 2.19. The molecule has 0 aliphatic rings. The number of aromatic nitrogens is 2. The van der Waals surface area contributed by atoms with Gasteiger partial charge in [0.15, 0.2) is 0 Å². The zero-order valence-corrected chi connectivity index (χ0v) is 32.0. The molecule has 256 valence electrons.